The average Bonchev–Trinajstić information content (AvgIpc) is 1.23. The molecule has 0 fully saturated rings. The molecule has 0 saturated carbocycles. The Bertz CT molecular complexity index is 149. The topological polar surface area (TPSA) is 34.1 Å². The molecule has 0 saturated heterocycles. The van der Waals surface area contributed by atoms with Crippen LogP contribution in [0.1, 0.15) is 6.42 Å². The summed E-state index contributed by atoms with van der Waals surface area (Å²) in [6.07, 6.45) is 4.28. The molecule has 0 aromatic heterocycles. The van der Waals surface area contributed by atoms with Gasteiger partial charge in [0.25, 0.3) is 0 Å². The van der Waals surface area contributed by atoms with Gasteiger partial charge in [-0.2, -0.15) is 0 Å². The van der Waals surface area contributed by atoms with Crippen LogP contribution in [0.3, 0.4) is 0 Å². The summed E-state index contributed by atoms with van der Waals surface area (Å²) in [4.78, 5) is 0. The maximum absolute atomic E-state index is 9.97. The Balaban J connectivity index is 2.61. The van der Waals surface area contributed by atoms with Gasteiger partial charge in [0.05, 0.1) is 5.25 Å². The third-order valence-corrected chi connectivity index (χ3v) is 1.93. The van der Waals surface area contributed by atoms with Gasteiger partial charge in [-0.15, -0.1) is 0 Å². The molecule has 0 bridgehead atoms. The first-order valence-corrected chi connectivity index (χ1v) is 3.35. The van der Waals surface area contributed by atoms with E-state index in [2.05, 4.69) is 0 Å². The molecule has 0 aromatic carbocycles. The summed E-state index contributed by atoms with van der Waals surface area (Å²) in [5.74, 6) is 0. The van der Waals surface area contributed by atoms with E-state index in [4.69, 9.17) is 0 Å². The second-order valence-electron chi connectivity index (χ2n) is 1.52. The van der Waals surface area contributed by atoms with E-state index in [1.165, 1.54) is 0 Å². The minimum atomic E-state index is -2.16. The van der Waals surface area contributed by atoms with Gasteiger partial charge in [-0.25, -0.2) is 8.42 Å². The lowest BCUT2D eigenvalue weighted by atomic mass is 10.1. The molecule has 1 aliphatic carbocycles. The van der Waals surface area contributed by atoms with Gasteiger partial charge < -0.3 is 0 Å². The van der Waals surface area contributed by atoms with Crippen LogP contribution in [-0.4, -0.2) is 13.7 Å². The first-order chi connectivity index (χ1) is 3.30. The zero-order chi connectivity index (χ0) is 5.28. The molecular weight excluding hydrogens is 112 g/mol. The predicted molar refractivity (Wildman–Crippen MR) is 27.9 cm³/mol. The third-order valence-electron chi connectivity index (χ3n) is 1.01. The summed E-state index contributed by atoms with van der Waals surface area (Å²) in [6, 6.07) is 0. The zero-order valence-electron chi connectivity index (χ0n) is 3.70. The van der Waals surface area contributed by atoms with Crippen LogP contribution < -0.4 is 0 Å². The first-order valence-electron chi connectivity index (χ1n) is 2.11. The molecule has 1 unspecified atom stereocenters. The molecule has 0 amide bonds. The second kappa shape index (κ2) is 1.66. The predicted octanol–water partition coefficient (Wildman–Crippen LogP) is -0.0737. The van der Waals surface area contributed by atoms with Gasteiger partial charge in [0.1, 0.15) is 10.7 Å². The van der Waals surface area contributed by atoms with Crippen LogP contribution in [0.4, 0.5) is 0 Å². The lowest BCUT2D eigenvalue weighted by Gasteiger charge is -2.07. The van der Waals surface area contributed by atoms with Gasteiger partial charge in [0.15, 0.2) is 0 Å². The summed E-state index contributed by atoms with van der Waals surface area (Å²) in [5, 5.41) is -0.144. The Morgan fingerprint density at radius 2 is 2.14 bits per heavy atom. The van der Waals surface area contributed by atoms with Crippen molar-refractivity contribution in [1.82, 2.24) is 0 Å². The van der Waals surface area contributed by atoms with E-state index >= 15 is 0 Å². The lowest BCUT2D eigenvalue weighted by Crippen LogP contribution is -2.10. The molecule has 2 nitrogen and oxygen atoms in total. The second-order valence-corrected chi connectivity index (χ2v) is 2.75. The van der Waals surface area contributed by atoms with Gasteiger partial charge >= 0.3 is 0 Å². The van der Waals surface area contributed by atoms with Crippen molar-refractivity contribution in [3.05, 3.63) is 12.2 Å². The van der Waals surface area contributed by atoms with E-state index in [1.807, 2.05) is 6.08 Å². The van der Waals surface area contributed by atoms with E-state index < -0.39 is 10.7 Å². The molecule has 0 heterocycles. The lowest BCUT2D eigenvalue weighted by molar-refractivity contribution is 0.605. The Morgan fingerprint density at radius 1 is 1.57 bits per heavy atom. The maximum atomic E-state index is 9.97. The Hall–Kier alpha value is -0.310. The summed E-state index contributed by atoms with van der Waals surface area (Å²) < 4.78 is 19.9. The van der Waals surface area contributed by atoms with Gasteiger partial charge in [-0.3, -0.25) is 0 Å². The maximum Gasteiger partial charge on any atom is 0.146 e. The van der Waals surface area contributed by atoms with Crippen LogP contribution in [0.15, 0.2) is 12.2 Å². The summed E-state index contributed by atoms with van der Waals surface area (Å²) in [6.45, 7) is 0. The molecule has 40 valence electrons. The minimum Gasteiger partial charge on any atom is -0.231 e. The van der Waals surface area contributed by atoms with Crippen molar-refractivity contribution in [3.63, 3.8) is 0 Å². The molecule has 1 rings (SSSR count). The largest absolute Gasteiger partial charge is 0.231 e. The number of hydrogen-bond acceptors (Lipinski definition) is 2. The molecule has 3 heteroatoms. The van der Waals surface area contributed by atoms with Crippen LogP contribution in [-0.2, 0) is 10.7 Å². The van der Waals surface area contributed by atoms with Gasteiger partial charge in [0.2, 0.25) is 0 Å². The number of thiol groups is 1. The van der Waals surface area contributed by atoms with Crippen LogP contribution >= 0.6 is 0 Å². The summed E-state index contributed by atoms with van der Waals surface area (Å²) >= 11 is 0. The highest BCUT2D eigenvalue weighted by molar-refractivity contribution is 7.73. The van der Waals surface area contributed by atoms with Crippen molar-refractivity contribution < 1.29 is 8.42 Å². The van der Waals surface area contributed by atoms with Crippen LogP contribution in [0.25, 0.3) is 0 Å². The van der Waals surface area contributed by atoms with E-state index in [-0.39, 0.29) is 5.25 Å². The summed E-state index contributed by atoms with van der Waals surface area (Å²) in [5.41, 5.74) is 0. The molecular formula is C4H6O2S. The van der Waals surface area contributed by atoms with Crippen molar-refractivity contribution >= 4 is 10.7 Å². The monoisotopic (exact) mass is 118 g/mol. The van der Waals surface area contributed by atoms with Crippen molar-refractivity contribution in [1.29, 1.82) is 0 Å². The Morgan fingerprint density at radius 3 is 2.14 bits per heavy atom. The molecule has 0 aliphatic heterocycles. The normalized spacial score (nSPS) is 27.9. The number of hydrogen-bond donors (Lipinski definition) is 1. The van der Waals surface area contributed by atoms with Crippen molar-refractivity contribution in [2.24, 2.45) is 0 Å². The smallest absolute Gasteiger partial charge is 0.146 e. The highest BCUT2D eigenvalue weighted by Crippen LogP contribution is 2.09. The molecule has 0 spiro atoms. The fourth-order valence-corrected chi connectivity index (χ4v) is 0.970. The van der Waals surface area contributed by atoms with Crippen molar-refractivity contribution in [2.45, 2.75) is 11.7 Å². The molecule has 0 N–H and O–H groups in total. The van der Waals surface area contributed by atoms with E-state index in [0.29, 0.717) is 0 Å². The minimum absolute atomic E-state index is 0.144. The van der Waals surface area contributed by atoms with Crippen LogP contribution in [0.5, 0.6) is 0 Å². The van der Waals surface area contributed by atoms with E-state index in [1.54, 1.807) is 6.08 Å². The molecule has 1 aliphatic rings. The molecule has 7 heavy (non-hydrogen) atoms. The van der Waals surface area contributed by atoms with Crippen LogP contribution in [0, 0.1) is 0 Å². The quantitative estimate of drug-likeness (QED) is 0.386. The highest BCUT2D eigenvalue weighted by Gasteiger charge is 2.10. The fraction of sp³-hybridized carbons (Fsp3) is 0.500. The Labute approximate surface area is 43.8 Å². The van der Waals surface area contributed by atoms with Gasteiger partial charge in [-0.05, 0) is 6.42 Å². The zero-order valence-corrected chi connectivity index (χ0v) is 4.60. The van der Waals surface area contributed by atoms with Crippen LogP contribution in [0.2, 0.25) is 0 Å². The van der Waals surface area contributed by atoms with Crippen molar-refractivity contribution in [2.75, 3.05) is 0 Å². The van der Waals surface area contributed by atoms with E-state index in [9.17, 15) is 8.42 Å². The Kier molecular flexibility index (Phi) is 1.15. The highest BCUT2D eigenvalue weighted by atomic mass is 32.2. The SMILES string of the molecule is O=[SH](=O)C1C=CC1. The average molecular weight is 118 g/mol. The van der Waals surface area contributed by atoms with Gasteiger partial charge in [0, 0.05) is 0 Å². The van der Waals surface area contributed by atoms with Gasteiger partial charge in [-0.1, -0.05) is 12.2 Å². The van der Waals surface area contributed by atoms with E-state index in [0.717, 1.165) is 6.42 Å². The summed E-state index contributed by atoms with van der Waals surface area (Å²) in [7, 11) is -2.16. The number of rotatable bonds is 1. The molecule has 0 radical (unpaired) electrons. The number of allylic oxidation sites excluding steroid dienone is 1. The third kappa shape index (κ3) is 0.825. The molecule has 0 aromatic rings. The standard InChI is InChI=1S/C4H6O2S/c5-7(6)4-2-1-3-4/h1-2,4,7H,3H2. The van der Waals surface area contributed by atoms with Crippen molar-refractivity contribution in [3.8, 4) is 0 Å². The fourth-order valence-electron chi connectivity index (χ4n) is 0.414. The first kappa shape index (κ1) is 4.84. The molecule has 1 atom stereocenters.